The van der Waals surface area contributed by atoms with Gasteiger partial charge in [0.25, 0.3) is 11.8 Å². The van der Waals surface area contributed by atoms with E-state index in [0.717, 1.165) is 10.3 Å². The van der Waals surface area contributed by atoms with Crippen LogP contribution in [-0.2, 0) is 4.79 Å². The van der Waals surface area contributed by atoms with Crippen LogP contribution in [0.3, 0.4) is 0 Å². The van der Waals surface area contributed by atoms with Crippen molar-refractivity contribution in [2.75, 3.05) is 11.9 Å². The maximum absolute atomic E-state index is 13.8. The quantitative estimate of drug-likeness (QED) is 0.736. The van der Waals surface area contributed by atoms with E-state index in [9.17, 15) is 14.0 Å². The number of fused-ring (bicyclic) bond motifs is 2. The number of benzene rings is 2. The van der Waals surface area contributed by atoms with E-state index in [1.165, 1.54) is 17.4 Å². The van der Waals surface area contributed by atoms with Crippen LogP contribution in [0.2, 0.25) is 0 Å². The van der Waals surface area contributed by atoms with Crippen molar-refractivity contribution < 1.29 is 18.7 Å². The third-order valence-corrected chi connectivity index (χ3v) is 5.32. The maximum Gasteiger partial charge on any atom is 0.262 e. The van der Waals surface area contributed by atoms with Crippen LogP contribution in [0, 0.1) is 5.82 Å². The second-order valence-electron chi connectivity index (χ2n) is 6.05. The summed E-state index contributed by atoms with van der Waals surface area (Å²) in [7, 11) is 0. The Kier molecular flexibility index (Phi) is 4.08. The minimum atomic E-state index is -0.337. The molecule has 26 heavy (non-hydrogen) atoms. The van der Waals surface area contributed by atoms with Crippen LogP contribution in [0.4, 0.5) is 10.1 Å². The van der Waals surface area contributed by atoms with E-state index in [-0.39, 0.29) is 30.3 Å². The molecule has 1 aromatic heterocycles. The summed E-state index contributed by atoms with van der Waals surface area (Å²) in [5.74, 6) is -0.210. The van der Waals surface area contributed by atoms with Gasteiger partial charge in [0.15, 0.2) is 6.61 Å². The number of rotatable bonds is 3. The van der Waals surface area contributed by atoms with Gasteiger partial charge in [-0.1, -0.05) is 12.1 Å². The van der Waals surface area contributed by atoms with E-state index in [0.29, 0.717) is 21.7 Å². The number of ether oxygens (including phenoxy) is 1. The molecule has 1 aliphatic heterocycles. The summed E-state index contributed by atoms with van der Waals surface area (Å²) in [4.78, 5) is 24.4. The molecule has 2 heterocycles. The zero-order chi connectivity index (χ0) is 18.3. The number of hydrogen-bond donors (Lipinski definition) is 2. The summed E-state index contributed by atoms with van der Waals surface area (Å²) in [5, 5.41) is 6.10. The van der Waals surface area contributed by atoms with Gasteiger partial charge in [-0.05, 0) is 42.8 Å². The summed E-state index contributed by atoms with van der Waals surface area (Å²) in [6.45, 7) is 1.85. The molecular weight excluding hydrogens is 355 g/mol. The van der Waals surface area contributed by atoms with Crippen LogP contribution in [0.25, 0.3) is 10.1 Å². The van der Waals surface area contributed by atoms with Gasteiger partial charge in [0, 0.05) is 10.1 Å². The number of hydrogen-bond acceptors (Lipinski definition) is 4. The smallest absolute Gasteiger partial charge is 0.262 e. The van der Waals surface area contributed by atoms with Crippen molar-refractivity contribution in [1.29, 1.82) is 0 Å². The number of nitrogens with one attached hydrogen (secondary N) is 2. The predicted molar refractivity (Wildman–Crippen MR) is 98.2 cm³/mol. The first-order valence-electron chi connectivity index (χ1n) is 8.07. The lowest BCUT2D eigenvalue weighted by atomic mass is 10.1. The molecule has 1 aliphatic rings. The summed E-state index contributed by atoms with van der Waals surface area (Å²) in [6.07, 6.45) is 0. The molecule has 0 aliphatic carbocycles. The van der Waals surface area contributed by atoms with Gasteiger partial charge in [-0.15, -0.1) is 11.3 Å². The standard InChI is InChI=1S/C19H15FN2O3S/c1-10(11-5-6-15-14(7-11)22-18(23)9-25-15)21-19(24)17-8-12-13(20)3-2-4-16(12)26-17/h2-8,10H,9H2,1H3,(H,21,24)(H,22,23). The first kappa shape index (κ1) is 16.5. The van der Waals surface area contributed by atoms with Gasteiger partial charge in [0.05, 0.1) is 16.6 Å². The molecule has 2 amide bonds. The Labute approximate surface area is 152 Å². The first-order valence-corrected chi connectivity index (χ1v) is 8.88. The highest BCUT2D eigenvalue weighted by Gasteiger charge is 2.19. The molecule has 0 radical (unpaired) electrons. The van der Waals surface area contributed by atoms with Crippen LogP contribution in [-0.4, -0.2) is 18.4 Å². The molecule has 5 nitrogen and oxygen atoms in total. The molecule has 2 aromatic carbocycles. The average Bonchev–Trinajstić information content (AvgIpc) is 3.07. The number of amides is 2. The maximum atomic E-state index is 13.8. The Balaban J connectivity index is 1.54. The van der Waals surface area contributed by atoms with Gasteiger partial charge in [0.2, 0.25) is 0 Å². The SMILES string of the molecule is CC(NC(=O)c1cc2c(F)cccc2s1)c1ccc2c(c1)NC(=O)CO2. The first-order chi connectivity index (χ1) is 12.5. The van der Waals surface area contributed by atoms with Crippen LogP contribution in [0.5, 0.6) is 5.75 Å². The van der Waals surface area contributed by atoms with Gasteiger partial charge in [-0.25, -0.2) is 4.39 Å². The molecule has 0 fully saturated rings. The molecule has 132 valence electrons. The van der Waals surface area contributed by atoms with E-state index < -0.39 is 0 Å². The molecule has 2 N–H and O–H groups in total. The van der Waals surface area contributed by atoms with Gasteiger partial charge >= 0.3 is 0 Å². The normalized spacial score (nSPS) is 14.3. The Morgan fingerprint density at radius 3 is 2.96 bits per heavy atom. The van der Waals surface area contributed by atoms with Gasteiger partial charge in [-0.3, -0.25) is 9.59 Å². The molecule has 0 spiro atoms. The zero-order valence-electron chi connectivity index (χ0n) is 13.8. The van der Waals surface area contributed by atoms with Crippen molar-refractivity contribution in [3.63, 3.8) is 0 Å². The van der Waals surface area contributed by atoms with Crippen molar-refractivity contribution in [2.45, 2.75) is 13.0 Å². The predicted octanol–water partition coefficient (Wildman–Crippen LogP) is 3.86. The number of carbonyl (C=O) groups excluding carboxylic acids is 2. The molecule has 0 saturated carbocycles. The second kappa shape index (κ2) is 6.42. The lowest BCUT2D eigenvalue weighted by Gasteiger charge is -2.20. The Bertz CT molecular complexity index is 1030. The van der Waals surface area contributed by atoms with Gasteiger partial charge in [-0.2, -0.15) is 0 Å². The molecule has 0 saturated heterocycles. The van der Waals surface area contributed by atoms with Crippen molar-refractivity contribution in [3.05, 3.63) is 58.7 Å². The van der Waals surface area contributed by atoms with Gasteiger partial charge < -0.3 is 15.4 Å². The second-order valence-corrected chi connectivity index (χ2v) is 7.13. The molecular formula is C19H15FN2O3S. The molecule has 1 unspecified atom stereocenters. The minimum Gasteiger partial charge on any atom is -0.482 e. The molecule has 1 atom stereocenters. The fourth-order valence-corrected chi connectivity index (χ4v) is 3.84. The number of halogens is 1. The van der Waals surface area contributed by atoms with Crippen LogP contribution < -0.4 is 15.4 Å². The Morgan fingerprint density at radius 1 is 1.31 bits per heavy atom. The van der Waals surface area contributed by atoms with Crippen molar-refractivity contribution in [3.8, 4) is 5.75 Å². The summed E-state index contributed by atoms with van der Waals surface area (Å²) in [5.41, 5.74) is 1.42. The van der Waals surface area contributed by atoms with E-state index in [1.807, 2.05) is 13.0 Å². The largest absolute Gasteiger partial charge is 0.482 e. The topological polar surface area (TPSA) is 67.4 Å². The van der Waals surface area contributed by atoms with E-state index in [2.05, 4.69) is 10.6 Å². The highest BCUT2D eigenvalue weighted by atomic mass is 32.1. The zero-order valence-corrected chi connectivity index (χ0v) is 14.7. The summed E-state index contributed by atoms with van der Waals surface area (Å²) in [6, 6.07) is 11.5. The average molecular weight is 370 g/mol. The molecule has 4 rings (SSSR count). The summed E-state index contributed by atoms with van der Waals surface area (Å²) >= 11 is 1.25. The third-order valence-electron chi connectivity index (χ3n) is 4.22. The van der Waals surface area contributed by atoms with E-state index in [1.54, 1.807) is 30.3 Å². The lowest BCUT2D eigenvalue weighted by Crippen LogP contribution is -2.27. The highest BCUT2D eigenvalue weighted by Crippen LogP contribution is 2.31. The fourth-order valence-electron chi connectivity index (χ4n) is 2.86. The molecule has 3 aromatic rings. The van der Waals surface area contributed by atoms with Crippen LogP contribution >= 0.6 is 11.3 Å². The Hall–Kier alpha value is -2.93. The number of thiophene rings is 1. The number of anilines is 1. The fraction of sp³-hybridized carbons (Fsp3) is 0.158. The van der Waals surface area contributed by atoms with Crippen LogP contribution in [0.1, 0.15) is 28.2 Å². The van der Waals surface area contributed by atoms with Crippen LogP contribution in [0.15, 0.2) is 42.5 Å². The summed E-state index contributed by atoms with van der Waals surface area (Å²) < 4.78 is 19.9. The van der Waals surface area contributed by atoms with Gasteiger partial charge in [0.1, 0.15) is 11.6 Å². The van der Waals surface area contributed by atoms with E-state index in [4.69, 9.17) is 4.74 Å². The van der Waals surface area contributed by atoms with Crippen molar-refractivity contribution >= 4 is 38.9 Å². The number of carbonyl (C=O) groups is 2. The molecule has 7 heteroatoms. The lowest BCUT2D eigenvalue weighted by molar-refractivity contribution is -0.118. The van der Waals surface area contributed by atoms with Crippen molar-refractivity contribution in [1.82, 2.24) is 5.32 Å². The monoisotopic (exact) mass is 370 g/mol. The third kappa shape index (κ3) is 3.01. The minimum absolute atomic E-state index is 0.00112. The molecule has 0 bridgehead atoms. The van der Waals surface area contributed by atoms with Crippen molar-refractivity contribution in [2.24, 2.45) is 0 Å². The van der Waals surface area contributed by atoms with E-state index >= 15 is 0 Å². The Morgan fingerprint density at radius 2 is 2.15 bits per heavy atom. The highest BCUT2D eigenvalue weighted by molar-refractivity contribution is 7.20.